The lowest BCUT2D eigenvalue weighted by atomic mass is 10.00. The van der Waals surface area contributed by atoms with E-state index in [9.17, 15) is 22.9 Å². The normalized spacial score (nSPS) is 11.7. The Morgan fingerprint density at radius 2 is 1.75 bits per heavy atom. The molecule has 0 saturated heterocycles. The number of hydrogen-bond donors (Lipinski definition) is 4. The fraction of sp³-hybridized carbons (Fsp3) is 0.0833. The van der Waals surface area contributed by atoms with Gasteiger partial charge in [0, 0.05) is 5.39 Å². The summed E-state index contributed by atoms with van der Waals surface area (Å²) in [6.45, 7) is 0. The van der Waals surface area contributed by atoms with Crippen molar-refractivity contribution in [2.45, 2.75) is 11.3 Å². The number of fused-ring (bicyclic) bond motifs is 1. The van der Waals surface area contributed by atoms with Crippen LogP contribution in [-0.4, -0.2) is 29.2 Å². The van der Waals surface area contributed by atoms with Crippen molar-refractivity contribution in [2.24, 2.45) is 0 Å². The van der Waals surface area contributed by atoms with Crippen molar-refractivity contribution in [3.05, 3.63) is 29.8 Å². The molecule has 0 aromatic heterocycles. The molecule has 2 aromatic rings. The van der Waals surface area contributed by atoms with Gasteiger partial charge in [0.25, 0.3) is 10.1 Å². The highest BCUT2D eigenvalue weighted by molar-refractivity contribution is 7.86. The van der Waals surface area contributed by atoms with Crippen LogP contribution in [-0.2, 0) is 21.3 Å². The summed E-state index contributed by atoms with van der Waals surface area (Å²) in [6, 6.07) is 6.05. The predicted molar refractivity (Wildman–Crippen MR) is 71.2 cm³/mol. The number of benzene rings is 2. The second-order valence-corrected chi connectivity index (χ2v) is 5.52. The van der Waals surface area contributed by atoms with E-state index >= 15 is 0 Å². The Balaban J connectivity index is 3.03. The van der Waals surface area contributed by atoms with Crippen molar-refractivity contribution in [3.63, 3.8) is 0 Å². The molecule has 2 aromatic carbocycles. The molecule has 0 atom stereocenters. The molecular weight excluding hydrogens is 286 g/mol. The average molecular weight is 297 g/mol. The third-order valence-electron chi connectivity index (χ3n) is 2.87. The van der Waals surface area contributed by atoms with E-state index in [-0.39, 0.29) is 16.3 Å². The zero-order valence-corrected chi connectivity index (χ0v) is 10.9. The van der Waals surface area contributed by atoms with Crippen LogP contribution in [0, 0.1) is 0 Å². The Bertz CT molecular complexity index is 812. The second kappa shape index (κ2) is 4.66. The van der Waals surface area contributed by atoms with Gasteiger partial charge in [-0.1, -0.05) is 24.3 Å². The number of phenolic OH excluding ortho intramolecular Hbond substituents is 1. The molecule has 5 N–H and O–H groups in total. The Labute approximate surface area is 114 Å². The van der Waals surface area contributed by atoms with Gasteiger partial charge >= 0.3 is 5.97 Å². The number of anilines is 1. The highest BCUT2D eigenvalue weighted by Crippen LogP contribution is 2.40. The SMILES string of the molecule is Nc1c(S(=O)(=O)O)c(CC(=O)O)c2ccccc2c1O. The summed E-state index contributed by atoms with van der Waals surface area (Å²) in [5.74, 6) is -1.80. The number of aromatic hydroxyl groups is 1. The first-order chi connectivity index (χ1) is 9.23. The zero-order chi connectivity index (χ0) is 15.1. The molecule has 0 amide bonds. The number of phenols is 1. The molecule has 2 rings (SSSR count). The number of carboxylic acid groups (broad SMARTS) is 1. The third kappa shape index (κ3) is 2.26. The largest absolute Gasteiger partial charge is 0.505 e. The van der Waals surface area contributed by atoms with E-state index in [2.05, 4.69) is 0 Å². The first kappa shape index (κ1) is 14.1. The molecule has 0 unspecified atom stereocenters. The number of rotatable bonds is 3. The van der Waals surface area contributed by atoms with Gasteiger partial charge in [0.05, 0.1) is 12.1 Å². The lowest BCUT2D eigenvalue weighted by Crippen LogP contribution is -2.12. The lowest BCUT2D eigenvalue weighted by molar-refractivity contribution is -0.136. The average Bonchev–Trinajstić information content (AvgIpc) is 2.33. The first-order valence-electron chi connectivity index (χ1n) is 5.44. The fourth-order valence-corrected chi connectivity index (χ4v) is 2.98. The van der Waals surface area contributed by atoms with Gasteiger partial charge in [-0.2, -0.15) is 8.42 Å². The molecule has 20 heavy (non-hydrogen) atoms. The van der Waals surface area contributed by atoms with Crippen LogP contribution in [0.25, 0.3) is 10.8 Å². The van der Waals surface area contributed by atoms with E-state index in [1.807, 2.05) is 0 Å². The van der Waals surface area contributed by atoms with Gasteiger partial charge in [-0.3, -0.25) is 9.35 Å². The molecule has 0 radical (unpaired) electrons. The van der Waals surface area contributed by atoms with Crippen molar-refractivity contribution in [2.75, 3.05) is 5.73 Å². The fourth-order valence-electron chi connectivity index (χ4n) is 2.11. The molecule has 0 aliphatic heterocycles. The number of carbonyl (C=O) groups is 1. The van der Waals surface area contributed by atoms with Crippen LogP contribution >= 0.6 is 0 Å². The van der Waals surface area contributed by atoms with Crippen LogP contribution in [0.4, 0.5) is 5.69 Å². The van der Waals surface area contributed by atoms with Crippen LogP contribution in [0.15, 0.2) is 29.2 Å². The van der Waals surface area contributed by atoms with Crippen molar-refractivity contribution < 1.29 is 28.0 Å². The molecular formula is C12H11NO6S. The maximum atomic E-state index is 11.4. The first-order valence-corrected chi connectivity index (χ1v) is 6.88. The van der Waals surface area contributed by atoms with Crippen molar-refractivity contribution in [1.82, 2.24) is 0 Å². The van der Waals surface area contributed by atoms with Gasteiger partial charge in [-0.25, -0.2) is 0 Å². The third-order valence-corrected chi connectivity index (χ3v) is 3.85. The molecule has 8 heteroatoms. The number of carboxylic acids is 1. The molecule has 0 aliphatic carbocycles. The van der Waals surface area contributed by atoms with Crippen molar-refractivity contribution in [3.8, 4) is 5.75 Å². The van der Waals surface area contributed by atoms with Gasteiger partial charge < -0.3 is 15.9 Å². The minimum absolute atomic E-state index is 0.161. The van der Waals surface area contributed by atoms with Gasteiger partial charge in [0.1, 0.15) is 10.6 Å². The molecule has 106 valence electrons. The Kier molecular flexibility index (Phi) is 3.28. The summed E-state index contributed by atoms with van der Waals surface area (Å²) in [5.41, 5.74) is 4.80. The topological polar surface area (TPSA) is 138 Å². The van der Waals surface area contributed by atoms with Gasteiger partial charge in [0.15, 0.2) is 0 Å². The number of nitrogen functional groups attached to an aromatic ring is 1. The highest BCUT2D eigenvalue weighted by atomic mass is 32.2. The maximum absolute atomic E-state index is 11.4. The van der Waals surface area contributed by atoms with E-state index in [0.29, 0.717) is 0 Å². The highest BCUT2D eigenvalue weighted by Gasteiger charge is 2.26. The summed E-state index contributed by atoms with van der Waals surface area (Å²) in [4.78, 5) is 10.1. The summed E-state index contributed by atoms with van der Waals surface area (Å²) in [7, 11) is -4.77. The zero-order valence-electron chi connectivity index (χ0n) is 10.1. The summed E-state index contributed by atoms with van der Waals surface area (Å²) >= 11 is 0. The minimum Gasteiger partial charge on any atom is -0.505 e. The molecule has 0 spiro atoms. The Morgan fingerprint density at radius 1 is 1.20 bits per heavy atom. The predicted octanol–water partition coefficient (Wildman–Crippen LogP) is 1.00. The maximum Gasteiger partial charge on any atom is 0.307 e. The molecule has 0 bridgehead atoms. The van der Waals surface area contributed by atoms with Crippen LogP contribution in [0.5, 0.6) is 5.75 Å². The van der Waals surface area contributed by atoms with E-state index in [4.69, 9.17) is 10.8 Å². The van der Waals surface area contributed by atoms with E-state index in [1.165, 1.54) is 12.1 Å². The monoisotopic (exact) mass is 297 g/mol. The van der Waals surface area contributed by atoms with Crippen LogP contribution in [0.2, 0.25) is 0 Å². The molecule has 7 nitrogen and oxygen atoms in total. The number of aliphatic carboxylic acids is 1. The molecule has 0 fully saturated rings. The molecule has 0 heterocycles. The van der Waals surface area contributed by atoms with Gasteiger partial charge in [-0.05, 0) is 10.9 Å². The lowest BCUT2D eigenvalue weighted by Gasteiger charge is -2.14. The van der Waals surface area contributed by atoms with Crippen LogP contribution in [0.1, 0.15) is 5.56 Å². The summed E-state index contributed by atoms with van der Waals surface area (Å²) < 4.78 is 32.1. The molecule has 0 saturated carbocycles. The quantitative estimate of drug-likeness (QED) is 0.376. The Hall–Kier alpha value is -2.32. The number of nitrogens with two attached hydrogens (primary N) is 1. The summed E-state index contributed by atoms with van der Waals surface area (Å²) in [5, 5.41) is 19.2. The summed E-state index contributed by atoms with van der Waals surface area (Å²) in [6.07, 6.45) is -0.653. The van der Waals surface area contributed by atoms with Crippen molar-refractivity contribution >= 4 is 32.5 Å². The van der Waals surface area contributed by atoms with Crippen LogP contribution in [0.3, 0.4) is 0 Å². The van der Waals surface area contributed by atoms with Gasteiger partial charge in [0.2, 0.25) is 0 Å². The van der Waals surface area contributed by atoms with Crippen molar-refractivity contribution in [1.29, 1.82) is 0 Å². The standard InChI is InChI=1S/C12H11NO6S/c13-10-11(16)7-4-2-1-3-6(7)8(5-9(14)15)12(10)20(17,18)19/h1-4,16H,5,13H2,(H,14,15)(H,17,18,19). The Morgan fingerprint density at radius 3 is 2.25 bits per heavy atom. The smallest absolute Gasteiger partial charge is 0.307 e. The van der Waals surface area contributed by atoms with E-state index in [1.54, 1.807) is 12.1 Å². The van der Waals surface area contributed by atoms with Crippen LogP contribution < -0.4 is 5.73 Å². The second-order valence-electron chi connectivity index (χ2n) is 4.16. The number of hydrogen-bond acceptors (Lipinski definition) is 5. The minimum atomic E-state index is -4.77. The van der Waals surface area contributed by atoms with E-state index < -0.39 is 38.8 Å². The van der Waals surface area contributed by atoms with Gasteiger partial charge in [-0.15, -0.1) is 0 Å². The van der Waals surface area contributed by atoms with E-state index in [0.717, 1.165) is 0 Å². The molecule has 0 aliphatic rings.